The maximum Gasteiger partial charge on any atom is 0.243 e. The van der Waals surface area contributed by atoms with Crippen molar-refractivity contribution in [1.82, 2.24) is 15.2 Å². The zero-order valence-electron chi connectivity index (χ0n) is 7.86. The van der Waals surface area contributed by atoms with Gasteiger partial charge in [0.15, 0.2) is 0 Å². The fourth-order valence-corrected chi connectivity index (χ4v) is 0.894. The molecule has 80 valence electrons. The maximum atomic E-state index is 8.42. The molecule has 7 heteroatoms. The van der Waals surface area contributed by atoms with Gasteiger partial charge in [-0.05, 0) is 6.42 Å². The van der Waals surface area contributed by atoms with Crippen molar-refractivity contribution in [2.45, 2.75) is 6.42 Å². The normalized spacial score (nSPS) is 10.4. The van der Waals surface area contributed by atoms with Crippen LogP contribution in [0.15, 0.2) is 0 Å². The van der Waals surface area contributed by atoms with E-state index >= 15 is 0 Å². The van der Waals surface area contributed by atoms with Crippen LogP contribution in [-0.2, 0) is 4.74 Å². The van der Waals surface area contributed by atoms with Gasteiger partial charge in [0, 0.05) is 13.2 Å². The molecule has 0 aliphatic carbocycles. The van der Waals surface area contributed by atoms with Crippen LogP contribution in [0.25, 0.3) is 0 Å². The molecule has 0 saturated carbocycles. The smallest absolute Gasteiger partial charge is 0.243 e. The number of nitrogens with one attached hydrogen (secondary N) is 2. The Morgan fingerprint density at radius 1 is 1.50 bits per heavy atom. The summed E-state index contributed by atoms with van der Waals surface area (Å²) < 4.78 is 5.06. The Labute approximate surface area is 81.7 Å². The lowest BCUT2D eigenvalue weighted by Gasteiger charge is -2.02. The lowest BCUT2D eigenvalue weighted by molar-refractivity contribution is 0.0921. The standard InChI is InChI=1S/C7H15N5O2/c8-6-10-7(12-11-6)9-2-1-4-14-5-3-13/h13H,1-5H2,(H4,8,9,10,11,12). The highest BCUT2D eigenvalue weighted by molar-refractivity contribution is 5.29. The molecule has 1 aromatic heterocycles. The van der Waals surface area contributed by atoms with Gasteiger partial charge in [0.25, 0.3) is 0 Å². The van der Waals surface area contributed by atoms with E-state index in [-0.39, 0.29) is 6.61 Å². The lowest BCUT2D eigenvalue weighted by atomic mass is 10.4. The van der Waals surface area contributed by atoms with Crippen LogP contribution in [-0.4, -0.2) is 46.7 Å². The minimum Gasteiger partial charge on any atom is -0.394 e. The number of nitrogen functional groups attached to an aromatic ring is 1. The van der Waals surface area contributed by atoms with Crippen LogP contribution in [0.1, 0.15) is 6.42 Å². The van der Waals surface area contributed by atoms with Gasteiger partial charge >= 0.3 is 0 Å². The molecule has 0 saturated heterocycles. The topological polar surface area (TPSA) is 109 Å². The lowest BCUT2D eigenvalue weighted by Crippen LogP contribution is -2.08. The highest BCUT2D eigenvalue weighted by atomic mass is 16.5. The average Bonchev–Trinajstić information content (AvgIpc) is 2.58. The van der Waals surface area contributed by atoms with Gasteiger partial charge < -0.3 is 20.9 Å². The predicted molar refractivity (Wildman–Crippen MR) is 51.8 cm³/mol. The summed E-state index contributed by atoms with van der Waals surface area (Å²) in [6.45, 7) is 1.76. The zero-order chi connectivity index (χ0) is 10.2. The molecular weight excluding hydrogens is 186 g/mol. The third-order valence-electron chi connectivity index (χ3n) is 1.49. The zero-order valence-corrected chi connectivity index (χ0v) is 7.86. The molecular formula is C7H15N5O2. The number of aliphatic hydroxyl groups is 1. The Morgan fingerprint density at radius 2 is 2.36 bits per heavy atom. The third-order valence-corrected chi connectivity index (χ3v) is 1.49. The molecule has 7 nitrogen and oxygen atoms in total. The Balaban J connectivity index is 1.99. The first-order valence-corrected chi connectivity index (χ1v) is 4.43. The number of aromatic amines is 1. The molecule has 0 amide bonds. The van der Waals surface area contributed by atoms with Gasteiger partial charge in [0.2, 0.25) is 11.9 Å². The second-order valence-electron chi connectivity index (χ2n) is 2.66. The van der Waals surface area contributed by atoms with Crippen LogP contribution in [0.5, 0.6) is 0 Å². The van der Waals surface area contributed by atoms with Crippen molar-refractivity contribution < 1.29 is 9.84 Å². The Morgan fingerprint density at radius 3 is 3.00 bits per heavy atom. The number of anilines is 2. The summed E-state index contributed by atoms with van der Waals surface area (Å²) in [5.41, 5.74) is 5.33. The first-order chi connectivity index (χ1) is 6.83. The quantitative estimate of drug-likeness (QED) is 0.430. The monoisotopic (exact) mass is 201 g/mol. The number of aliphatic hydroxyl groups excluding tert-OH is 1. The van der Waals surface area contributed by atoms with E-state index in [1.54, 1.807) is 0 Å². The van der Waals surface area contributed by atoms with Gasteiger partial charge in [-0.15, -0.1) is 5.10 Å². The van der Waals surface area contributed by atoms with E-state index in [0.29, 0.717) is 31.7 Å². The van der Waals surface area contributed by atoms with Crippen LogP contribution in [0, 0.1) is 0 Å². The largest absolute Gasteiger partial charge is 0.394 e. The highest BCUT2D eigenvalue weighted by Crippen LogP contribution is 1.98. The second kappa shape index (κ2) is 6.17. The predicted octanol–water partition coefficient (Wildman–Crippen LogP) is -0.802. The van der Waals surface area contributed by atoms with Crippen molar-refractivity contribution in [3.8, 4) is 0 Å². The van der Waals surface area contributed by atoms with E-state index in [4.69, 9.17) is 15.6 Å². The van der Waals surface area contributed by atoms with Crippen LogP contribution in [0.4, 0.5) is 11.9 Å². The van der Waals surface area contributed by atoms with E-state index < -0.39 is 0 Å². The summed E-state index contributed by atoms with van der Waals surface area (Å²) in [6, 6.07) is 0. The molecule has 0 radical (unpaired) electrons. The van der Waals surface area contributed by atoms with Gasteiger partial charge in [-0.25, -0.2) is 5.10 Å². The van der Waals surface area contributed by atoms with E-state index in [0.717, 1.165) is 6.42 Å². The SMILES string of the molecule is Nc1nc(NCCCOCCO)n[nH]1. The molecule has 1 rings (SSSR count). The van der Waals surface area contributed by atoms with E-state index in [1.807, 2.05) is 0 Å². The summed E-state index contributed by atoms with van der Waals surface area (Å²) >= 11 is 0. The first kappa shape index (κ1) is 10.7. The number of aromatic nitrogens is 3. The van der Waals surface area contributed by atoms with E-state index in [1.165, 1.54) is 0 Å². The van der Waals surface area contributed by atoms with Crippen molar-refractivity contribution in [2.24, 2.45) is 0 Å². The maximum absolute atomic E-state index is 8.42. The summed E-state index contributed by atoms with van der Waals surface area (Å²) in [5.74, 6) is 0.786. The summed E-state index contributed by atoms with van der Waals surface area (Å²) in [5, 5.41) is 17.7. The molecule has 1 aromatic rings. The van der Waals surface area contributed by atoms with Crippen molar-refractivity contribution in [2.75, 3.05) is 37.4 Å². The molecule has 0 bridgehead atoms. The van der Waals surface area contributed by atoms with Gasteiger partial charge in [-0.3, -0.25) is 0 Å². The van der Waals surface area contributed by atoms with Crippen LogP contribution >= 0.6 is 0 Å². The molecule has 5 N–H and O–H groups in total. The van der Waals surface area contributed by atoms with Crippen molar-refractivity contribution >= 4 is 11.9 Å². The second-order valence-corrected chi connectivity index (χ2v) is 2.66. The molecule has 0 fully saturated rings. The van der Waals surface area contributed by atoms with Gasteiger partial charge in [-0.1, -0.05) is 0 Å². The van der Waals surface area contributed by atoms with Gasteiger partial charge in [-0.2, -0.15) is 4.98 Å². The Hall–Kier alpha value is -1.34. The molecule has 0 spiro atoms. The summed E-state index contributed by atoms with van der Waals surface area (Å²) in [7, 11) is 0. The molecule has 14 heavy (non-hydrogen) atoms. The number of H-pyrrole nitrogens is 1. The van der Waals surface area contributed by atoms with Crippen molar-refractivity contribution in [1.29, 1.82) is 0 Å². The van der Waals surface area contributed by atoms with E-state index in [9.17, 15) is 0 Å². The van der Waals surface area contributed by atoms with Crippen molar-refractivity contribution in [3.63, 3.8) is 0 Å². The fraction of sp³-hybridized carbons (Fsp3) is 0.714. The highest BCUT2D eigenvalue weighted by Gasteiger charge is 1.97. The van der Waals surface area contributed by atoms with Crippen molar-refractivity contribution in [3.05, 3.63) is 0 Å². The van der Waals surface area contributed by atoms with Crippen LogP contribution in [0.2, 0.25) is 0 Å². The molecule has 0 aromatic carbocycles. The molecule has 0 atom stereocenters. The number of hydrogen-bond acceptors (Lipinski definition) is 6. The van der Waals surface area contributed by atoms with Crippen LogP contribution in [0.3, 0.4) is 0 Å². The van der Waals surface area contributed by atoms with Crippen LogP contribution < -0.4 is 11.1 Å². The van der Waals surface area contributed by atoms with Gasteiger partial charge in [0.1, 0.15) is 0 Å². The minimum atomic E-state index is 0.0604. The molecule has 0 unspecified atom stereocenters. The molecule has 1 heterocycles. The van der Waals surface area contributed by atoms with Gasteiger partial charge in [0.05, 0.1) is 13.2 Å². The number of hydrogen-bond donors (Lipinski definition) is 4. The average molecular weight is 201 g/mol. The Bertz CT molecular complexity index is 252. The minimum absolute atomic E-state index is 0.0604. The fourth-order valence-electron chi connectivity index (χ4n) is 0.894. The summed E-state index contributed by atoms with van der Waals surface area (Å²) in [6.07, 6.45) is 0.828. The number of ether oxygens (including phenoxy) is 1. The number of nitrogens with two attached hydrogens (primary N) is 1. The number of rotatable bonds is 7. The van der Waals surface area contributed by atoms with E-state index in [2.05, 4.69) is 20.5 Å². The third kappa shape index (κ3) is 4.06. The Kier molecular flexibility index (Phi) is 4.73. The number of nitrogens with zero attached hydrogens (tertiary/aromatic N) is 2. The molecule has 0 aliphatic heterocycles. The molecule has 0 aliphatic rings. The first-order valence-electron chi connectivity index (χ1n) is 4.43. The summed E-state index contributed by atoms with van der Waals surface area (Å²) in [4.78, 5) is 3.86.